The van der Waals surface area contributed by atoms with Crippen LogP contribution >= 0.6 is 0 Å². The third-order valence-electron chi connectivity index (χ3n) is 5.04. The van der Waals surface area contributed by atoms with Crippen LogP contribution in [0.3, 0.4) is 0 Å². The summed E-state index contributed by atoms with van der Waals surface area (Å²) in [5.74, 6) is 0.388. The first kappa shape index (κ1) is 18.9. The Balaban J connectivity index is 1.84. The molecule has 4 nitrogen and oxygen atoms in total. The second-order valence-electron chi connectivity index (χ2n) is 7.25. The number of aliphatic hydroxyl groups excluding tert-OH is 1. The molecular weight excluding hydrogens is 300 g/mol. The van der Waals surface area contributed by atoms with Crippen LogP contribution in [0.25, 0.3) is 0 Å². The van der Waals surface area contributed by atoms with E-state index in [4.69, 9.17) is 0 Å². The lowest BCUT2D eigenvalue weighted by Gasteiger charge is -2.26. The Labute approximate surface area is 146 Å². The molecule has 1 saturated carbocycles. The summed E-state index contributed by atoms with van der Waals surface area (Å²) in [6.45, 7) is 9.17. The van der Waals surface area contributed by atoms with Gasteiger partial charge in [-0.05, 0) is 63.3 Å². The van der Waals surface area contributed by atoms with Gasteiger partial charge in [0.25, 0.3) is 5.91 Å². The molecule has 0 radical (unpaired) electrons. The van der Waals surface area contributed by atoms with E-state index in [1.54, 1.807) is 0 Å². The second-order valence-corrected chi connectivity index (χ2v) is 7.25. The predicted molar refractivity (Wildman–Crippen MR) is 98.0 cm³/mol. The molecule has 1 fully saturated rings. The van der Waals surface area contributed by atoms with E-state index in [1.165, 1.54) is 5.56 Å². The van der Waals surface area contributed by atoms with Gasteiger partial charge in [0.1, 0.15) is 0 Å². The highest BCUT2D eigenvalue weighted by Gasteiger charge is 2.20. The number of benzene rings is 1. The first-order valence-electron chi connectivity index (χ1n) is 9.28. The highest BCUT2D eigenvalue weighted by molar-refractivity contribution is 5.94. The van der Waals surface area contributed by atoms with Crippen LogP contribution in [0.1, 0.15) is 62.4 Å². The molecule has 0 aromatic heterocycles. The summed E-state index contributed by atoms with van der Waals surface area (Å²) >= 11 is 0. The zero-order chi connectivity index (χ0) is 17.5. The Bertz CT molecular complexity index is 513. The molecule has 1 aliphatic rings. The number of amides is 1. The number of hydrogen-bond acceptors (Lipinski definition) is 3. The van der Waals surface area contributed by atoms with Gasteiger partial charge in [0.2, 0.25) is 0 Å². The van der Waals surface area contributed by atoms with Crippen LogP contribution in [0.15, 0.2) is 24.3 Å². The van der Waals surface area contributed by atoms with Gasteiger partial charge in [-0.25, -0.2) is 0 Å². The Morgan fingerprint density at radius 3 is 2.58 bits per heavy atom. The van der Waals surface area contributed by atoms with E-state index >= 15 is 0 Å². The molecule has 0 saturated heterocycles. The van der Waals surface area contributed by atoms with Gasteiger partial charge in [-0.15, -0.1) is 0 Å². The van der Waals surface area contributed by atoms with Gasteiger partial charge in [0.15, 0.2) is 0 Å². The van der Waals surface area contributed by atoms with Crippen molar-refractivity contribution in [1.29, 1.82) is 0 Å². The lowest BCUT2D eigenvalue weighted by Crippen LogP contribution is -2.33. The summed E-state index contributed by atoms with van der Waals surface area (Å²) in [5.41, 5.74) is 1.94. The molecule has 0 spiro atoms. The SMILES string of the molecule is CCN(Cc1ccc(C(=O)NCC2CCCC(O)C2)cc1)C(C)C. The quantitative estimate of drug-likeness (QED) is 0.806. The molecule has 4 heteroatoms. The molecule has 0 heterocycles. The first-order valence-corrected chi connectivity index (χ1v) is 9.28. The molecule has 1 aromatic rings. The maximum absolute atomic E-state index is 12.3. The molecule has 2 N–H and O–H groups in total. The average molecular weight is 332 g/mol. The lowest BCUT2D eigenvalue weighted by atomic mass is 9.87. The summed E-state index contributed by atoms with van der Waals surface area (Å²) in [6, 6.07) is 8.43. The lowest BCUT2D eigenvalue weighted by molar-refractivity contribution is 0.0874. The molecule has 2 rings (SSSR count). The van der Waals surface area contributed by atoms with Crippen molar-refractivity contribution < 1.29 is 9.90 Å². The minimum absolute atomic E-state index is 0.0159. The topological polar surface area (TPSA) is 52.6 Å². The van der Waals surface area contributed by atoms with Crippen molar-refractivity contribution in [3.05, 3.63) is 35.4 Å². The zero-order valence-corrected chi connectivity index (χ0v) is 15.3. The minimum Gasteiger partial charge on any atom is -0.393 e. The number of nitrogens with one attached hydrogen (secondary N) is 1. The summed E-state index contributed by atoms with van der Waals surface area (Å²) in [6.07, 6.45) is 3.67. The standard InChI is InChI=1S/C20H32N2O2/c1-4-22(15(2)3)14-16-8-10-18(11-9-16)20(24)21-13-17-6-5-7-19(23)12-17/h8-11,15,17,19,23H,4-7,12-14H2,1-3H3,(H,21,24). The van der Waals surface area contributed by atoms with Crippen molar-refractivity contribution in [3.8, 4) is 0 Å². The van der Waals surface area contributed by atoms with Gasteiger partial charge in [0, 0.05) is 24.7 Å². The van der Waals surface area contributed by atoms with Gasteiger partial charge < -0.3 is 10.4 Å². The van der Waals surface area contributed by atoms with Crippen molar-refractivity contribution in [3.63, 3.8) is 0 Å². The van der Waals surface area contributed by atoms with E-state index in [-0.39, 0.29) is 12.0 Å². The van der Waals surface area contributed by atoms with Crippen LogP contribution in [0.5, 0.6) is 0 Å². The Hall–Kier alpha value is -1.39. The van der Waals surface area contributed by atoms with Gasteiger partial charge in [-0.1, -0.05) is 25.5 Å². The number of hydrogen-bond donors (Lipinski definition) is 2. The Kier molecular flexibility index (Phi) is 7.25. The van der Waals surface area contributed by atoms with Gasteiger partial charge in [-0.2, -0.15) is 0 Å². The van der Waals surface area contributed by atoms with E-state index in [9.17, 15) is 9.90 Å². The molecule has 2 atom stereocenters. The molecule has 2 unspecified atom stereocenters. The number of aliphatic hydroxyl groups is 1. The van der Waals surface area contributed by atoms with E-state index < -0.39 is 0 Å². The number of carbonyl (C=O) groups is 1. The smallest absolute Gasteiger partial charge is 0.251 e. The van der Waals surface area contributed by atoms with Crippen LogP contribution in [0, 0.1) is 5.92 Å². The molecule has 0 aliphatic heterocycles. The molecule has 1 aromatic carbocycles. The molecular formula is C20H32N2O2. The maximum Gasteiger partial charge on any atom is 0.251 e. The average Bonchev–Trinajstić information content (AvgIpc) is 2.58. The fourth-order valence-corrected chi connectivity index (χ4v) is 3.44. The van der Waals surface area contributed by atoms with Crippen LogP contribution < -0.4 is 5.32 Å². The van der Waals surface area contributed by atoms with Crippen LogP contribution in [0.4, 0.5) is 0 Å². The zero-order valence-electron chi connectivity index (χ0n) is 15.3. The Morgan fingerprint density at radius 2 is 2.00 bits per heavy atom. The van der Waals surface area contributed by atoms with Gasteiger partial charge in [0.05, 0.1) is 6.10 Å². The van der Waals surface area contributed by atoms with Crippen molar-refractivity contribution in [1.82, 2.24) is 10.2 Å². The van der Waals surface area contributed by atoms with Gasteiger partial charge >= 0.3 is 0 Å². The van der Waals surface area contributed by atoms with Crippen molar-refractivity contribution >= 4 is 5.91 Å². The molecule has 0 bridgehead atoms. The van der Waals surface area contributed by atoms with Gasteiger partial charge in [-0.3, -0.25) is 9.69 Å². The van der Waals surface area contributed by atoms with E-state index in [0.29, 0.717) is 24.1 Å². The third-order valence-corrected chi connectivity index (χ3v) is 5.04. The molecule has 24 heavy (non-hydrogen) atoms. The highest BCUT2D eigenvalue weighted by atomic mass is 16.3. The molecule has 134 valence electrons. The largest absolute Gasteiger partial charge is 0.393 e. The number of carbonyl (C=O) groups excluding carboxylic acids is 1. The van der Waals surface area contributed by atoms with Crippen LogP contribution in [0.2, 0.25) is 0 Å². The van der Waals surface area contributed by atoms with E-state index in [1.807, 2.05) is 24.3 Å². The first-order chi connectivity index (χ1) is 11.5. The second kappa shape index (κ2) is 9.19. The summed E-state index contributed by atoms with van der Waals surface area (Å²) < 4.78 is 0. The van der Waals surface area contributed by atoms with E-state index in [2.05, 4.69) is 31.0 Å². The molecule has 1 aliphatic carbocycles. The van der Waals surface area contributed by atoms with Crippen LogP contribution in [-0.2, 0) is 6.54 Å². The fraction of sp³-hybridized carbons (Fsp3) is 0.650. The maximum atomic E-state index is 12.3. The molecule has 1 amide bonds. The number of rotatable bonds is 7. The minimum atomic E-state index is -0.192. The van der Waals surface area contributed by atoms with Crippen molar-refractivity contribution in [2.75, 3.05) is 13.1 Å². The van der Waals surface area contributed by atoms with E-state index in [0.717, 1.165) is 38.8 Å². The highest BCUT2D eigenvalue weighted by Crippen LogP contribution is 2.23. The summed E-state index contributed by atoms with van der Waals surface area (Å²) in [7, 11) is 0. The normalized spacial score (nSPS) is 21.2. The third kappa shape index (κ3) is 5.60. The fourth-order valence-electron chi connectivity index (χ4n) is 3.44. The Morgan fingerprint density at radius 1 is 1.29 bits per heavy atom. The summed E-state index contributed by atoms with van der Waals surface area (Å²) in [4.78, 5) is 14.7. The van der Waals surface area contributed by atoms with Crippen molar-refractivity contribution in [2.24, 2.45) is 5.92 Å². The number of nitrogens with zero attached hydrogens (tertiary/aromatic N) is 1. The monoisotopic (exact) mass is 332 g/mol. The predicted octanol–water partition coefficient (Wildman–Crippen LogP) is 3.20. The van der Waals surface area contributed by atoms with Crippen molar-refractivity contribution in [2.45, 2.75) is 65.1 Å². The summed E-state index contributed by atoms with van der Waals surface area (Å²) in [5, 5.41) is 12.7. The van der Waals surface area contributed by atoms with Crippen LogP contribution in [-0.4, -0.2) is 41.1 Å².